The number of fused-ring (bicyclic) bond motifs is 1. The molecule has 22 heavy (non-hydrogen) atoms. The molecule has 0 bridgehead atoms. The van der Waals surface area contributed by atoms with Crippen LogP contribution in [0, 0.1) is 0 Å². The summed E-state index contributed by atoms with van der Waals surface area (Å²) in [4.78, 5) is 22.1. The van der Waals surface area contributed by atoms with Gasteiger partial charge in [0.05, 0.1) is 6.54 Å². The Morgan fingerprint density at radius 1 is 1.45 bits per heavy atom. The predicted octanol–water partition coefficient (Wildman–Crippen LogP) is 2.45. The van der Waals surface area contributed by atoms with Crippen molar-refractivity contribution in [1.29, 1.82) is 0 Å². The smallest absolute Gasteiger partial charge is 0.371 e. The van der Waals surface area contributed by atoms with Gasteiger partial charge in [0.2, 0.25) is 5.76 Å². The van der Waals surface area contributed by atoms with Gasteiger partial charge >= 0.3 is 5.97 Å². The van der Waals surface area contributed by atoms with Crippen LogP contribution in [-0.4, -0.2) is 32.5 Å². The zero-order chi connectivity index (χ0) is 15.7. The van der Waals surface area contributed by atoms with Crippen LogP contribution < -0.4 is 0 Å². The van der Waals surface area contributed by atoms with Crippen molar-refractivity contribution in [3.05, 3.63) is 46.9 Å². The van der Waals surface area contributed by atoms with Crippen LogP contribution in [0.25, 0.3) is 0 Å². The summed E-state index contributed by atoms with van der Waals surface area (Å²) in [5.41, 5.74) is 2.27. The highest BCUT2D eigenvalue weighted by molar-refractivity contribution is 5.84. The second kappa shape index (κ2) is 5.88. The number of hydrogen-bond acceptors (Lipinski definition) is 5. The van der Waals surface area contributed by atoms with Crippen LogP contribution in [0.15, 0.2) is 22.7 Å². The number of furan rings is 1. The van der Waals surface area contributed by atoms with Gasteiger partial charge in [-0.2, -0.15) is 0 Å². The molecule has 116 valence electrons. The van der Waals surface area contributed by atoms with Crippen LogP contribution in [-0.2, 0) is 19.5 Å². The van der Waals surface area contributed by atoms with Crippen LogP contribution in [0.1, 0.15) is 53.2 Å². The molecule has 0 atom stereocenters. The van der Waals surface area contributed by atoms with E-state index in [-0.39, 0.29) is 5.76 Å². The van der Waals surface area contributed by atoms with E-state index in [2.05, 4.69) is 28.7 Å². The third-order valence-corrected chi connectivity index (χ3v) is 3.80. The number of carboxylic acids is 1. The normalized spacial score (nSPS) is 15.0. The minimum absolute atomic E-state index is 0.0164. The average molecular weight is 301 g/mol. The zero-order valence-corrected chi connectivity index (χ0v) is 12.7. The Bertz CT molecular complexity index is 694. The molecule has 3 heterocycles. The van der Waals surface area contributed by atoms with Crippen molar-refractivity contribution < 1.29 is 14.3 Å². The van der Waals surface area contributed by atoms with E-state index in [1.807, 2.05) is 6.20 Å². The molecule has 1 N–H and O–H groups in total. The second-order valence-corrected chi connectivity index (χ2v) is 5.89. The van der Waals surface area contributed by atoms with Gasteiger partial charge in [0.25, 0.3) is 0 Å². The van der Waals surface area contributed by atoms with Crippen LogP contribution in [0.4, 0.5) is 0 Å². The molecule has 0 spiro atoms. The Hall–Kier alpha value is -2.21. The van der Waals surface area contributed by atoms with Crippen molar-refractivity contribution in [2.75, 3.05) is 6.54 Å². The number of nitrogens with zero attached hydrogens (tertiary/aromatic N) is 3. The first kappa shape index (κ1) is 14.7. The van der Waals surface area contributed by atoms with Crippen molar-refractivity contribution in [3.63, 3.8) is 0 Å². The summed E-state index contributed by atoms with van der Waals surface area (Å²) >= 11 is 0. The van der Waals surface area contributed by atoms with E-state index in [4.69, 9.17) is 9.52 Å². The molecule has 0 amide bonds. The summed E-state index contributed by atoms with van der Waals surface area (Å²) in [6.07, 6.45) is 2.79. The molecule has 6 nitrogen and oxygen atoms in total. The van der Waals surface area contributed by atoms with E-state index in [1.54, 1.807) is 6.07 Å². The molecular formula is C16H19N3O3. The number of carboxylic acid groups (broad SMARTS) is 1. The van der Waals surface area contributed by atoms with E-state index in [0.29, 0.717) is 18.2 Å². The minimum Gasteiger partial charge on any atom is -0.475 e. The molecule has 2 aromatic heterocycles. The number of aromatic carboxylic acids is 1. The van der Waals surface area contributed by atoms with Crippen molar-refractivity contribution in [2.24, 2.45) is 0 Å². The quantitative estimate of drug-likeness (QED) is 0.934. The highest BCUT2D eigenvalue weighted by Gasteiger charge is 2.20. The molecule has 1 aliphatic heterocycles. The lowest BCUT2D eigenvalue weighted by Gasteiger charge is -2.27. The van der Waals surface area contributed by atoms with Gasteiger partial charge in [-0.3, -0.25) is 4.90 Å². The number of carbonyl (C=O) groups is 1. The van der Waals surface area contributed by atoms with E-state index < -0.39 is 5.97 Å². The van der Waals surface area contributed by atoms with Gasteiger partial charge in [-0.1, -0.05) is 13.8 Å². The van der Waals surface area contributed by atoms with Crippen LogP contribution in [0.3, 0.4) is 0 Å². The summed E-state index contributed by atoms with van der Waals surface area (Å²) in [7, 11) is 0. The minimum atomic E-state index is -1.04. The molecule has 2 aromatic rings. The van der Waals surface area contributed by atoms with Gasteiger partial charge in [0, 0.05) is 42.9 Å². The molecule has 0 aliphatic carbocycles. The predicted molar refractivity (Wildman–Crippen MR) is 79.6 cm³/mol. The van der Waals surface area contributed by atoms with Crippen molar-refractivity contribution in [1.82, 2.24) is 14.9 Å². The molecule has 0 fully saturated rings. The van der Waals surface area contributed by atoms with Crippen LogP contribution in [0.5, 0.6) is 0 Å². The third-order valence-electron chi connectivity index (χ3n) is 3.80. The Labute approximate surface area is 128 Å². The maximum Gasteiger partial charge on any atom is 0.371 e. The van der Waals surface area contributed by atoms with Crippen LogP contribution >= 0.6 is 0 Å². The Morgan fingerprint density at radius 3 is 2.95 bits per heavy atom. The lowest BCUT2D eigenvalue weighted by Crippen LogP contribution is -2.31. The van der Waals surface area contributed by atoms with E-state index in [9.17, 15) is 4.79 Å². The van der Waals surface area contributed by atoms with E-state index in [1.165, 1.54) is 6.07 Å². The number of hydrogen-bond donors (Lipinski definition) is 1. The topological polar surface area (TPSA) is 79.5 Å². The van der Waals surface area contributed by atoms with Gasteiger partial charge in [0.15, 0.2) is 0 Å². The lowest BCUT2D eigenvalue weighted by molar-refractivity contribution is 0.0658. The Balaban J connectivity index is 1.70. The summed E-state index contributed by atoms with van der Waals surface area (Å²) in [5.74, 6) is 0.841. The first-order valence-corrected chi connectivity index (χ1v) is 7.42. The fourth-order valence-corrected chi connectivity index (χ4v) is 2.60. The fourth-order valence-electron chi connectivity index (χ4n) is 2.60. The highest BCUT2D eigenvalue weighted by atomic mass is 16.4. The molecule has 3 rings (SSSR count). The molecule has 1 aliphatic rings. The van der Waals surface area contributed by atoms with Crippen LogP contribution in [0.2, 0.25) is 0 Å². The first-order chi connectivity index (χ1) is 10.5. The van der Waals surface area contributed by atoms with Gasteiger partial charge in [-0.05, 0) is 12.1 Å². The van der Waals surface area contributed by atoms with Crippen molar-refractivity contribution >= 4 is 5.97 Å². The third kappa shape index (κ3) is 3.01. The largest absolute Gasteiger partial charge is 0.475 e. The van der Waals surface area contributed by atoms with Crippen molar-refractivity contribution in [3.8, 4) is 0 Å². The molecule has 0 saturated heterocycles. The van der Waals surface area contributed by atoms with E-state index in [0.717, 1.165) is 36.6 Å². The average Bonchev–Trinajstić information content (AvgIpc) is 2.95. The van der Waals surface area contributed by atoms with Crippen molar-refractivity contribution in [2.45, 2.75) is 39.3 Å². The summed E-state index contributed by atoms with van der Waals surface area (Å²) in [6.45, 7) is 6.42. The van der Waals surface area contributed by atoms with Gasteiger partial charge < -0.3 is 9.52 Å². The molecule has 6 heteroatoms. The second-order valence-electron chi connectivity index (χ2n) is 5.89. The molecule has 0 aromatic carbocycles. The summed E-state index contributed by atoms with van der Waals surface area (Å²) in [6, 6.07) is 3.21. The van der Waals surface area contributed by atoms with Gasteiger partial charge in [-0.15, -0.1) is 0 Å². The maximum atomic E-state index is 10.8. The highest BCUT2D eigenvalue weighted by Crippen LogP contribution is 2.21. The van der Waals surface area contributed by atoms with Gasteiger partial charge in [0.1, 0.15) is 11.6 Å². The Kier molecular flexibility index (Phi) is 3.94. The lowest BCUT2D eigenvalue weighted by atomic mass is 10.1. The van der Waals surface area contributed by atoms with Gasteiger partial charge in [-0.25, -0.2) is 14.8 Å². The number of aromatic nitrogens is 2. The fraction of sp³-hybridized carbons (Fsp3) is 0.438. The SMILES string of the molecule is CC(C)c1ncc2c(n1)CCN(Cc1ccc(C(=O)O)o1)C2. The van der Waals surface area contributed by atoms with E-state index >= 15 is 0 Å². The summed E-state index contributed by atoms with van der Waals surface area (Å²) < 4.78 is 5.31. The molecule has 0 saturated carbocycles. The molecule has 0 radical (unpaired) electrons. The molecule has 0 unspecified atom stereocenters. The maximum absolute atomic E-state index is 10.8. The standard InChI is InChI=1S/C16H19N3O3/c1-10(2)15-17-7-11-8-19(6-5-13(11)18-15)9-12-3-4-14(22-12)16(20)21/h3-4,7,10H,5-6,8-9H2,1-2H3,(H,20,21). The number of rotatable bonds is 4. The summed E-state index contributed by atoms with van der Waals surface area (Å²) in [5, 5.41) is 8.88. The molecular weight excluding hydrogens is 282 g/mol. The monoisotopic (exact) mass is 301 g/mol. The first-order valence-electron chi connectivity index (χ1n) is 7.42. The Morgan fingerprint density at radius 2 is 2.27 bits per heavy atom. The zero-order valence-electron chi connectivity index (χ0n) is 12.7.